The highest BCUT2D eigenvalue weighted by Gasteiger charge is 2.20. The summed E-state index contributed by atoms with van der Waals surface area (Å²) >= 11 is 6.19. The minimum atomic E-state index is -0.219. The molecule has 156 valence electrons. The van der Waals surface area contributed by atoms with Crippen molar-refractivity contribution in [3.8, 4) is 22.7 Å². The zero-order chi connectivity index (χ0) is 21.8. The van der Waals surface area contributed by atoms with Gasteiger partial charge in [0.15, 0.2) is 0 Å². The molecule has 31 heavy (non-hydrogen) atoms. The number of carbonyl (C=O) groups is 1. The number of halogens is 1. The topological polar surface area (TPSA) is 56.1 Å². The molecule has 4 rings (SSSR count). The first-order chi connectivity index (χ1) is 15.0. The van der Waals surface area contributed by atoms with Crippen LogP contribution in [0.1, 0.15) is 29.0 Å². The van der Waals surface area contributed by atoms with Crippen molar-refractivity contribution in [3.63, 3.8) is 0 Å². The monoisotopic (exact) mass is 431 g/mol. The van der Waals surface area contributed by atoms with Gasteiger partial charge in [-0.05, 0) is 61.0 Å². The Labute approximate surface area is 186 Å². The quantitative estimate of drug-likeness (QED) is 0.426. The van der Waals surface area contributed by atoms with E-state index in [1.807, 2.05) is 73.7 Å². The Morgan fingerprint density at radius 1 is 1.00 bits per heavy atom. The first-order valence-corrected chi connectivity index (χ1v) is 10.3. The fourth-order valence-electron chi connectivity index (χ4n) is 3.35. The molecule has 5 nitrogen and oxygen atoms in total. The zero-order valence-electron chi connectivity index (χ0n) is 17.2. The third kappa shape index (κ3) is 4.62. The average Bonchev–Trinajstić information content (AvgIpc) is 3.25. The maximum Gasteiger partial charge on any atom is 0.270 e. The summed E-state index contributed by atoms with van der Waals surface area (Å²) in [6.45, 7) is 1.96. The number of rotatable bonds is 6. The molecule has 0 bridgehead atoms. The Balaban J connectivity index is 1.72. The van der Waals surface area contributed by atoms with Crippen molar-refractivity contribution in [3.05, 3.63) is 101 Å². The van der Waals surface area contributed by atoms with Gasteiger partial charge in [0, 0.05) is 10.6 Å². The zero-order valence-corrected chi connectivity index (χ0v) is 18.0. The van der Waals surface area contributed by atoms with Crippen LogP contribution in [0, 0.1) is 0 Å². The predicted molar refractivity (Wildman–Crippen MR) is 123 cm³/mol. The molecular formula is C25H22ClN3O2. The Morgan fingerprint density at radius 2 is 1.74 bits per heavy atom. The summed E-state index contributed by atoms with van der Waals surface area (Å²) in [4.78, 5) is 13.2. The van der Waals surface area contributed by atoms with E-state index in [2.05, 4.69) is 5.32 Å². The summed E-state index contributed by atoms with van der Waals surface area (Å²) in [6.07, 6.45) is 0. The summed E-state index contributed by atoms with van der Waals surface area (Å²) in [5.41, 5.74) is 3.73. The highest BCUT2D eigenvalue weighted by atomic mass is 35.5. The molecule has 0 fully saturated rings. The standard InChI is InChI=1S/C25H22ClN3O2/c1-17(18-7-4-3-5-8-18)27-25(30)24-16-23(19-11-13-22(31-2)14-12-19)28-29(24)21-10-6-9-20(26)15-21/h3-17H,1-2H3,(H,27,30). The minimum absolute atomic E-state index is 0.152. The van der Waals surface area contributed by atoms with Crippen LogP contribution in [-0.4, -0.2) is 22.8 Å². The molecule has 0 aliphatic rings. The van der Waals surface area contributed by atoms with E-state index in [1.165, 1.54) is 0 Å². The maximum absolute atomic E-state index is 13.2. The van der Waals surface area contributed by atoms with E-state index in [0.29, 0.717) is 22.1 Å². The SMILES string of the molecule is COc1ccc(-c2cc(C(=O)NC(C)c3ccccc3)n(-c3cccc(Cl)c3)n2)cc1. The number of hydrogen-bond donors (Lipinski definition) is 1. The molecule has 1 aromatic heterocycles. The van der Waals surface area contributed by atoms with Crippen molar-refractivity contribution in [2.75, 3.05) is 7.11 Å². The number of benzene rings is 3. The second-order valence-electron chi connectivity index (χ2n) is 7.14. The number of nitrogens with one attached hydrogen (secondary N) is 1. The number of hydrogen-bond acceptors (Lipinski definition) is 3. The van der Waals surface area contributed by atoms with Crippen LogP contribution in [0.25, 0.3) is 16.9 Å². The van der Waals surface area contributed by atoms with Crippen molar-refractivity contribution in [1.29, 1.82) is 0 Å². The first kappa shape index (κ1) is 20.7. The lowest BCUT2D eigenvalue weighted by molar-refractivity contribution is 0.0932. The van der Waals surface area contributed by atoms with Gasteiger partial charge < -0.3 is 10.1 Å². The molecule has 0 saturated carbocycles. The van der Waals surface area contributed by atoms with E-state index >= 15 is 0 Å². The lowest BCUT2D eigenvalue weighted by Crippen LogP contribution is -2.28. The van der Waals surface area contributed by atoms with Crippen LogP contribution in [0.3, 0.4) is 0 Å². The van der Waals surface area contributed by atoms with Crippen LogP contribution < -0.4 is 10.1 Å². The molecule has 0 aliphatic carbocycles. The molecule has 0 saturated heterocycles. The smallest absolute Gasteiger partial charge is 0.270 e. The van der Waals surface area contributed by atoms with Gasteiger partial charge in [0.2, 0.25) is 0 Å². The lowest BCUT2D eigenvalue weighted by Gasteiger charge is -2.15. The van der Waals surface area contributed by atoms with Crippen molar-refractivity contribution in [2.24, 2.45) is 0 Å². The van der Waals surface area contributed by atoms with Crippen LogP contribution in [0.2, 0.25) is 5.02 Å². The molecule has 1 amide bonds. The summed E-state index contributed by atoms with van der Waals surface area (Å²) in [6, 6.07) is 26.3. The van der Waals surface area contributed by atoms with Gasteiger partial charge in [0.25, 0.3) is 5.91 Å². The number of nitrogens with zero attached hydrogens (tertiary/aromatic N) is 2. The maximum atomic E-state index is 13.2. The van der Waals surface area contributed by atoms with Crippen LogP contribution >= 0.6 is 11.6 Å². The van der Waals surface area contributed by atoms with Crippen molar-refractivity contribution < 1.29 is 9.53 Å². The largest absolute Gasteiger partial charge is 0.497 e. The van der Waals surface area contributed by atoms with Gasteiger partial charge in [-0.25, -0.2) is 4.68 Å². The van der Waals surface area contributed by atoms with E-state index in [4.69, 9.17) is 21.4 Å². The molecule has 1 heterocycles. The Kier molecular flexibility index (Phi) is 6.05. The fraction of sp³-hybridized carbons (Fsp3) is 0.120. The molecule has 0 radical (unpaired) electrons. The fourth-order valence-corrected chi connectivity index (χ4v) is 3.53. The molecule has 1 atom stereocenters. The van der Waals surface area contributed by atoms with Gasteiger partial charge in [0.1, 0.15) is 11.4 Å². The van der Waals surface area contributed by atoms with E-state index in [-0.39, 0.29) is 11.9 Å². The highest BCUT2D eigenvalue weighted by molar-refractivity contribution is 6.30. The second-order valence-corrected chi connectivity index (χ2v) is 7.58. The van der Waals surface area contributed by atoms with E-state index < -0.39 is 0 Å². The number of amides is 1. The minimum Gasteiger partial charge on any atom is -0.497 e. The molecule has 3 aromatic carbocycles. The van der Waals surface area contributed by atoms with E-state index in [1.54, 1.807) is 30.0 Å². The average molecular weight is 432 g/mol. The predicted octanol–water partition coefficient (Wildman–Crippen LogP) is 5.69. The Morgan fingerprint density at radius 3 is 2.42 bits per heavy atom. The number of aromatic nitrogens is 2. The summed E-state index contributed by atoms with van der Waals surface area (Å²) < 4.78 is 6.86. The van der Waals surface area contributed by atoms with Gasteiger partial charge in [-0.1, -0.05) is 48.0 Å². The Bertz CT molecular complexity index is 1190. The van der Waals surface area contributed by atoms with Crippen LogP contribution in [-0.2, 0) is 0 Å². The number of ether oxygens (including phenoxy) is 1. The van der Waals surface area contributed by atoms with Crippen molar-refractivity contribution in [1.82, 2.24) is 15.1 Å². The number of carbonyl (C=O) groups excluding carboxylic acids is 1. The van der Waals surface area contributed by atoms with E-state index in [0.717, 1.165) is 16.9 Å². The second kappa shape index (κ2) is 9.06. The molecule has 1 N–H and O–H groups in total. The lowest BCUT2D eigenvalue weighted by atomic mass is 10.1. The van der Waals surface area contributed by atoms with Crippen molar-refractivity contribution >= 4 is 17.5 Å². The highest BCUT2D eigenvalue weighted by Crippen LogP contribution is 2.25. The van der Waals surface area contributed by atoms with Crippen LogP contribution in [0.4, 0.5) is 0 Å². The summed E-state index contributed by atoms with van der Waals surface area (Å²) in [5.74, 6) is 0.538. The summed E-state index contributed by atoms with van der Waals surface area (Å²) in [5, 5.41) is 8.34. The molecular weight excluding hydrogens is 410 g/mol. The van der Waals surface area contributed by atoms with Crippen LogP contribution in [0.15, 0.2) is 84.9 Å². The van der Waals surface area contributed by atoms with Gasteiger partial charge in [-0.15, -0.1) is 0 Å². The summed E-state index contributed by atoms with van der Waals surface area (Å²) in [7, 11) is 1.62. The normalized spacial score (nSPS) is 11.7. The molecule has 4 aromatic rings. The van der Waals surface area contributed by atoms with Gasteiger partial charge in [-0.3, -0.25) is 4.79 Å². The molecule has 6 heteroatoms. The van der Waals surface area contributed by atoms with Crippen molar-refractivity contribution in [2.45, 2.75) is 13.0 Å². The first-order valence-electron chi connectivity index (χ1n) is 9.91. The molecule has 0 spiro atoms. The van der Waals surface area contributed by atoms with E-state index in [9.17, 15) is 4.79 Å². The Hall–Kier alpha value is -3.57. The van der Waals surface area contributed by atoms with Gasteiger partial charge in [-0.2, -0.15) is 5.10 Å². The van der Waals surface area contributed by atoms with Gasteiger partial charge >= 0.3 is 0 Å². The third-order valence-electron chi connectivity index (χ3n) is 5.03. The molecule has 0 aliphatic heterocycles. The third-order valence-corrected chi connectivity index (χ3v) is 5.26. The number of methoxy groups -OCH3 is 1. The van der Waals surface area contributed by atoms with Gasteiger partial charge in [0.05, 0.1) is 24.5 Å². The molecule has 1 unspecified atom stereocenters. The van der Waals surface area contributed by atoms with Crippen LogP contribution in [0.5, 0.6) is 5.75 Å².